The van der Waals surface area contributed by atoms with Crippen LogP contribution < -0.4 is 5.69 Å². The quantitative estimate of drug-likeness (QED) is 0.738. The maximum atomic E-state index is 13.3. The number of benzene rings is 1. The van der Waals surface area contributed by atoms with E-state index in [0.29, 0.717) is 13.1 Å². The van der Waals surface area contributed by atoms with E-state index in [4.69, 9.17) is 0 Å². The number of carbonyl (C=O) groups excluding carboxylic acids is 1. The van der Waals surface area contributed by atoms with Gasteiger partial charge < -0.3 is 14.5 Å². The van der Waals surface area contributed by atoms with Gasteiger partial charge in [0, 0.05) is 37.6 Å². The minimum atomic E-state index is -0.317. The number of carbonyl (C=O) groups is 1. The molecule has 0 atom stereocenters. The van der Waals surface area contributed by atoms with E-state index in [-0.39, 0.29) is 28.5 Å². The molecule has 8 heteroatoms. The third kappa shape index (κ3) is 3.26. The third-order valence-electron chi connectivity index (χ3n) is 5.05. The summed E-state index contributed by atoms with van der Waals surface area (Å²) in [6.07, 6.45) is 3.99. The van der Waals surface area contributed by atoms with Crippen molar-refractivity contribution in [1.82, 2.24) is 24.2 Å². The molecule has 0 saturated heterocycles. The van der Waals surface area contributed by atoms with Gasteiger partial charge in [0.25, 0.3) is 5.91 Å². The van der Waals surface area contributed by atoms with Crippen LogP contribution in [0.4, 0.5) is 4.39 Å². The first-order valence-corrected chi connectivity index (χ1v) is 9.10. The van der Waals surface area contributed by atoms with Crippen molar-refractivity contribution in [2.24, 2.45) is 12.5 Å². The third-order valence-corrected chi connectivity index (χ3v) is 5.05. The molecule has 3 aromatic rings. The molecule has 0 unspecified atom stereocenters. The number of halogens is 1. The average Bonchev–Trinajstić information content (AvgIpc) is 3.13. The van der Waals surface area contributed by atoms with E-state index in [1.54, 1.807) is 30.3 Å². The minimum absolute atomic E-state index is 0.201. The normalized spacial score (nSPS) is 15.9. The summed E-state index contributed by atoms with van der Waals surface area (Å²) in [5, 5.41) is 4.48. The van der Waals surface area contributed by atoms with Gasteiger partial charge >= 0.3 is 5.69 Å². The van der Waals surface area contributed by atoms with Crippen LogP contribution in [0.15, 0.2) is 41.5 Å². The van der Waals surface area contributed by atoms with Crippen LogP contribution in [0.5, 0.6) is 0 Å². The highest BCUT2D eigenvalue weighted by Crippen LogP contribution is 2.32. The lowest BCUT2D eigenvalue weighted by Gasteiger charge is -2.29. The lowest BCUT2D eigenvalue weighted by molar-refractivity contribution is 0.0674. The molecule has 1 N–H and O–H groups in total. The van der Waals surface area contributed by atoms with Crippen molar-refractivity contribution >= 4 is 5.91 Å². The molecule has 1 aliphatic rings. The van der Waals surface area contributed by atoms with Crippen LogP contribution in [0.2, 0.25) is 0 Å². The Bertz CT molecular complexity index is 1090. The minimum Gasteiger partial charge on any atom is -0.332 e. The zero-order valence-electron chi connectivity index (χ0n) is 16.1. The highest BCUT2D eigenvalue weighted by atomic mass is 19.1. The summed E-state index contributed by atoms with van der Waals surface area (Å²) in [6, 6.07) is 6.20. The largest absolute Gasteiger partial charge is 0.332 e. The first-order chi connectivity index (χ1) is 13.2. The Balaban J connectivity index is 1.71. The summed E-state index contributed by atoms with van der Waals surface area (Å²) >= 11 is 0. The molecule has 0 saturated carbocycles. The number of amides is 1. The van der Waals surface area contributed by atoms with Gasteiger partial charge in [0.2, 0.25) is 0 Å². The Morgan fingerprint density at radius 3 is 2.61 bits per heavy atom. The predicted octanol–water partition coefficient (Wildman–Crippen LogP) is 2.26. The van der Waals surface area contributed by atoms with Crippen LogP contribution in [-0.4, -0.2) is 36.7 Å². The van der Waals surface area contributed by atoms with Crippen LogP contribution in [0.1, 0.15) is 35.6 Å². The highest BCUT2D eigenvalue weighted by Gasteiger charge is 2.33. The number of aromatic nitrogens is 4. The molecule has 0 radical (unpaired) electrons. The summed E-state index contributed by atoms with van der Waals surface area (Å²) in [6.45, 7) is 5.13. The van der Waals surface area contributed by atoms with Crippen molar-refractivity contribution in [2.75, 3.05) is 6.54 Å². The van der Waals surface area contributed by atoms with Gasteiger partial charge in [0.1, 0.15) is 11.5 Å². The topological polar surface area (TPSA) is 75.9 Å². The molecular formula is C20H22FN5O2. The van der Waals surface area contributed by atoms with Crippen molar-refractivity contribution < 1.29 is 9.18 Å². The fourth-order valence-electron chi connectivity index (χ4n) is 3.73. The van der Waals surface area contributed by atoms with E-state index in [2.05, 4.69) is 23.9 Å². The number of H-pyrrole nitrogens is 1. The number of aryl methyl sites for hydroxylation is 1. The van der Waals surface area contributed by atoms with Gasteiger partial charge in [-0.1, -0.05) is 13.8 Å². The SMILES string of the molecule is Cn1cc(C(=O)N2Cc3cnn(-c4ccc(F)cc4)c3CC(C)(C)C2)[nH]c1=O. The van der Waals surface area contributed by atoms with Gasteiger partial charge in [-0.3, -0.25) is 4.79 Å². The van der Waals surface area contributed by atoms with Crippen molar-refractivity contribution in [3.05, 3.63) is 69.9 Å². The molecule has 0 spiro atoms. The lowest BCUT2D eigenvalue weighted by atomic mass is 9.87. The van der Waals surface area contributed by atoms with Gasteiger partial charge in [0.15, 0.2) is 0 Å². The van der Waals surface area contributed by atoms with E-state index >= 15 is 0 Å². The molecule has 0 aliphatic carbocycles. The zero-order valence-corrected chi connectivity index (χ0v) is 16.1. The summed E-state index contributed by atoms with van der Waals surface area (Å²) in [4.78, 5) is 29.1. The smallest absolute Gasteiger partial charge is 0.325 e. The molecular weight excluding hydrogens is 361 g/mol. The molecule has 1 amide bonds. The summed E-state index contributed by atoms with van der Waals surface area (Å²) in [5.74, 6) is -0.510. The Labute approximate surface area is 161 Å². The van der Waals surface area contributed by atoms with E-state index in [0.717, 1.165) is 23.4 Å². The Morgan fingerprint density at radius 2 is 1.96 bits per heavy atom. The fraction of sp³-hybridized carbons (Fsp3) is 0.350. The average molecular weight is 383 g/mol. The van der Waals surface area contributed by atoms with Crippen LogP contribution >= 0.6 is 0 Å². The van der Waals surface area contributed by atoms with Gasteiger partial charge in [0.05, 0.1) is 11.9 Å². The predicted molar refractivity (Wildman–Crippen MR) is 102 cm³/mol. The van der Waals surface area contributed by atoms with Gasteiger partial charge in [-0.25, -0.2) is 13.9 Å². The lowest BCUT2D eigenvalue weighted by Crippen LogP contribution is -2.37. The number of nitrogens with one attached hydrogen (secondary N) is 1. The summed E-state index contributed by atoms with van der Waals surface area (Å²) in [5.41, 5.74) is 2.49. The van der Waals surface area contributed by atoms with E-state index in [1.165, 1.54) is 22.9 Å². The van der Waals surface area contributed by atoms with Gasteiger partial charge in [-0.15, -0.1) is 0 Å². The molecule has 0 fully saturated rings. The van der Waals surface area contributed by atoms with Crippen molar-refractivity contribution in [3.63, 3.8) is 0 Å². The number of fused-ring (bicyclic) bond motifs is 1. The van der Waals surface area contributed by atoms with Crippen molar-refractivity contribution in [3.8, 4) is 5.69 Å². The van der Waals surface area contributed by atoms with Crippen LogP contribution in [0.3, 0.4) is 0 Å². The second-order valence-corrected chi connectivity index (χ2v) is 8.09. The zero-order chi connectivity index (χ0) is 20.1. The summed E-state index contributed by atoms with van der Waals surface area (Å²) < 4.78 is 16.5. The van der Waals surface area contributed by atoms with Gasteiger partial charge in [-0.2, -0.15) is 5.10 Å². The maximum absolute atomic E-state index is 13.3. The Morgan fingerprint density at radius 1 is 1.25 bits per heavy atom. The molecule has 0 bridgehead atoms. The molecule has 4 rings (SSSR count). The number of hydrogen-bond acceptors (Lipinski definition) is 3. The number of imidazole rings is 1. The number of aromatic amines is 1. The highest BCUT2D eigenvalue weighted by molar-refractivity contribution is 5.92. The van der Waals surface area contributed by atoms with Crippen molar-refractivity contribution in [2.45, 2.75) is 26.8 Å². The van der Waals surface area contributed by atoms with E-state index in [9.17, 15) is 14.0 Å². The van der Waals surface area contributed by atoms with Crippen LogP contribution in [0.25, 0.3) is 5.69 Å². The first kappa shape index (κ1) is 18.2. The second-order valence-electron chi connectivity index (χ2n) is 8.09. The van der Waals surface area contributed by atoms with Gasteiger partial charge in [-0.05, 0) is 36.1 Å². The van der Waals surface area contributed by atoms with Crippen molar-refractivity contribution in [1.29, 1.82) is 0 Å². The fourth-order valence-corrected chi connectivity index (χ4v) is 3.73. The van der Waals surface area contributed by atoms with Crippen LogP contribution in [-0.2, 0) is 20.0 Å². The monoisotopic (exact) mass is 383 g/mol. The molecule has 1 aliphatic heterocycles. The Kier molecular flexibility index (Phi) is 4.21. The van der Waals surface area contributed by atoms with Crippen LogP contribution in [0, 0.1) is 11.2 Å². The molecule has 1 aromatic carbocycles. The molecule has 3 heterocycles. The Hall–Kier alpha value is -3.16. The number of hydrogen-bond donors (Lipinski definition) is 1. The molecule has 28 heavy (non-hydrogen) atoms. The van der Waals surface area contributed by atoms with E-state index < -0.39 is 0 Å². The summed E-state index contributed by atoms with van der Waals surface area (Å²) in [7, 11) is 1.60. The second kappa shape index (κ2) is 6.47. The molecule has 146 valence electrons. The standard InChI is InChI=1S/C20H22FN5O2/c1-20(2)8-17-13(9-22-26(17)15-6-4-14(21)5-7-15)10-25(12-20)18(27)16-11-24(3)19(28)23-16/h4-7,9,11H,8,10,12H2,1-3H3,(H,23,28). The maximum Gasteiger partial charge on any atom is 0.325 e. The molecule has 2 aromatic heterocycles. The molecule has 7 nitrogen and oxygen atoms in total. The first-order valence-electron chi connectivity index (χ1n) is 9.10. The van der Waals surface area contributed by atoms with E-state index in [1.807, 2.05) is 4.68 Å². The number of nitrogens with zero attached hydrogens (tertiary/aromatic N) is 4. The number of rotatable bonds is 2.